The first-order chi connectivity index (χ1) is 20.0. The molecule has 3 fully saturated rings. The standard InChI is InChI=1S/C33H45N3O6/c1-32(2)16-26-17-33(3,20-32)21-36(26)18-27-15-28(23-9-7-22(19-37)8-10-23)42-31(41-27)24-11-13-25(14-12-24)34-29(38)5-4-6-30(39)35-40/h7-14,26-28,31,37,40H,4-6,15-21H2,1-3H3,(H,34,38)(H,35,39)/t26?,27-,28+,31+,33?/m1/s1. The number of nitrogens with zero attached hydrogens (tertiary/aromatic N) is 1. The van der Waals surface area contributed by atoms with Crippen LogP contribution in [0, 0.1) is 10.8 Å². The van der Waals surface area contributed by atoms with Crippen molar-refractivity contribution in [2.75, 3.05) is 18.4 Å². The van der Waals surface area contributed by atoms with Crippen molar-refractivity contribution in [3.63, 3.8) is 0 Å². The van der Waals surface area contributed by atoms with Gasteiger partial charge in [-0.2, -0.15) is 0 Å². The largest absolute Gasteiger partial charge is 0.392 e. The third-order valence-corrected chi connectivity index (χ3v) is 8.98. The molecule has 2 bridgehead atoms. The Morgan fingerprint density at radius 3 is 2.33 bits per heavy atom. The average molecular weight is 580 g/mol. The van der Waals surface area contributed by atoms with E-state index in [1.165, 1.54) is 19.3 Å². The zero-order valence-electron chi connectivity index (χ0n) is 25.0. The number of hydroxylamine groups is 1. The van der Waals surface area contributed by atoms with Gasteiger partial charge in [0.2, 0.25) is 11.8 Å². The normalized spacial score (nSPS) is 28.8. The number of ether oxygens (including phenoxy) is 2. The van der Waals surface area contributed by atoms with Crippen molar-refractivity contribution in [2.24, 2.45) is 10.8 Å². The van der Waals surface area contributed by atoms with E-state index in [9.17, 15) is 14.7 Å². The lowest BCUT2D eigenvalue weighted by molar-refractivity contribution is -0.253. The number of aliphatic hydroxyl groups is 1. The Bertz CT molecular complexity index is 1230. The van der Waals surface area contributed by atoms with Gasteiger partial charge in [-0.1, -0.05) is 57.2 Å². The lowest BCUT2D eigenvalue weighted by Gasteiger charge is -2.41. The summed E-state index contributed by atoms with van der Waals surface area (Å²) in [6.45, 7) is 9.20. The van der Waals surface area contributed by atoms with Crippen LogP contribution in [0.3, 0.4) is 0 Å². The van der Waals surface area contributed by atoms with Crippen molar-refractivity contribution < 1.29 is 29.4 Å². The van der Waals surface area contributed by atoms with Crippen molar-refractivity contribution >= 4 is 17.5 Å². The Morgan fingerprint density at radius 2 is 1.64 bits per heavy atom. The van der Waals surface area contributed by atoms with Gasteiger partial charge in [0.25, 0.3) is 0 Å². The molecule has 2 amide bonds. The number of fused-ring (bicyclic) bond motifs is 2. The Morgan fingerprint density at radius 1 is 0.952 bits per heavy atom. The summed E-state index contributed by atoms with van der Waals surface area (Å²) in [5, 5.41) is 21.0. The van der Waals surface area contributed by atoms with Crippen molar-refractivity contribution in [1.29, 1.82) is 0 Å². The quantitative estimate of drug-likeness (QED) is 0.224. The van der Waals surface area contributed by atoms with Crippen LogP contribution < -0.4 is 10.8 Å². The van der Waals surface area contributed by atoms with Gasteiger partial charge in [-0.25, -0.2) is 5.48 Å². The number of carbonyl (C=O) groups is 2. The van der Waals surface area contributed by atoms with Gasteiger partial charge in [0.05, 0.1) is 18.8 Å². The van der Waals surface area contributed by atoms with Crippen molar-refractivity contribution in [3.05, 3.63) is 65.2 Å². The van der Waals surface area contributed by atoms with Gasteiger partial charge < -0.3 is 19.9 Å². The maximum atomic E-state index is 12.3. The average Bonchev–Trinajstić information content (AvgIpc) is 3.20. The van der Waals surface area contributed by atoms with Crippen LogP contribution in [-0.2, 0) is 25.7 Å². The minimum Gasteiger partial charge on any atom is -0.392 e. The summed E-state index contributed by atoms with van der Waals surface area (Å²) in [5.74, 6) is -0.704. The van der Waals surface area contributed by atoms with Crippen LogP contribution in [0.25, 0.3) is 0 Å². The lowest BCUT2D eigenvalue weighted by Crippen LogP contribution is -2.42. The molecule has 4 N–H and O–H groups in total. The predicted octanol–water partition coefficient (Wildman–Crippen LogP) is 5.24. The highest BCUT2D eigenvalue weighted by atomic mass is 16.7. The lowest BCUT2D eigenvalue weighted by atomic mass is 9.65. The summed E-state index contributed by atoms with van der Waals surface area (Å²) >= 11 is 0. The number of benzene rings is 2. The summed E-state index contributed by atoms with van der Waals surface area (Å²) in [6.07, 6.45) is 4.36. The number of rotatable bonds is 10. The monoisotopic (exact) mass is 579 g/mol. The van der Waals surface area contributed by atoms with E-state index in [0.29, 0.717) is 29.0 Å². The molecule has 9 heteroatoms. The van der Waals surface area contributed by atoms with E-state index in [0.717, 1.165) is 36.2 Å². The molecule has 2 aromatic rings. The fourth-order valence-electron chi connectivity index (χ4n) is 7.50. The minimum absolute atomic E-state index is 0.00646. The van der Waals surface area contributed by atoms with E-state index in [4.69, 9.17) is 14.7 Å². The SMILES string of the molecule is CC1(C)CC2CC(C)(CN2C[C@H]2C[C@@H](c3ccc(CO)cc3)O[C@@H](c3ccc(NC(=O)CCCC(=O)NO)cc3)O2)C1. The molecule has 1 aliphatic carbocycles. The maximum Gasteiger partial charge on any atom is 0.243 e. The van der Waals surface area contributed by atoms with E-state index in [1.807, 2.05) is 48.5 Å². The van der Waals surface area contributed by atoms with Crippen LogP contribution in [0.4, 0.5) is 5.69 Å². The molecule has 2 unspecified atom stereocenters. The highest BCUT2D eigenvalue weighted by Gasteiger charge is 2.50. The second-order valence-electron chi connectivity index (χ2n) is 13.6. The molecule has 228 valence electrons. The minimum atomic E-state index is -0.554. The Kier molecular flexibility index (Phi) is 9.34. The molecule has 9 nitrogen and oxygen atoms in total. The molecule has 5 rings (SSSR count). The number of nitrogens with one attached hydrogen (secondary N) is 2. The van der Waals surface area contributed by atoms with Gasteiger partial charge in [0, 0.05) is 49.6 Å². The number of likely N-dealkylation sites (tertiary alicyclic amines) is 1. The molecule has 2 saturated heterocycles. The molecule has 2 aliphatic heterocycles. The summed E-state index contributed by atoms with van der Waals surface area (Å²) in [4.78, 5) is 26.1. The molecule has 1 saturated carbocycles. The zero-order chi connectivity index (χ0) is 29.9. The van der Waals surface area contributed by atoms with Crippen LogP contribution in [-0.4, -0.2) is 52.3 Å². The fourth-order valence-corrected chi connectivity index (χ4v) is 7.50. The van der Waals surface area contributed by atoms with Crippen LogP contribution >= 0.6 is 0 Å². The van der Waals surface area contributed by atoms with E-state index in [-0.39, 0.29) is 37.6 Å². The predicted molar refractivity (Wildman–Crippen MR) is 158 cm³/mol. The molecule has 0 radical (unpaired) electrons. The maximum absolute atomic E-state index is 12.3. The van der Waals surface area contributed by atoms with Crippen LogP contribution in [0.1, 0.15) is 94.8 Å². The third-order valence-electron chi connectivity index (χ3n) is 8.98. The molecule has 5 atom stereocenters. The second-order valence-corrected chi connectivity index (χ2v) is 13.6. The Balaban J connectivity index is 1.27. The first kappa shape index (κ1) is 30.6. The van der Waals surface area contributed by atoms with Crippen LogP contribution in [0.15, 0.2) is 48.5 Å². The highest BCUT2D eigenvalue weighted by Crippen LogP contribution is 2.53. The summed E-state index contributed by atoms with van der Waals surface area (Å²) in [6, 6.07) is 16.0. The highest BCUT2D eigenvalue weighted by molar-refractivity contribution is 5.91. The number of hydrogen-bond donors (Lipinski definition) is 4. The van der Waals surface area contributed by atoms with Gasteiger partial charge >= 0.3 is 0 Å². The van der Waals surface area contributed by atoms with Crippen molar-refractivity contribution in [3.8, 4) is 0 Å². The smallest absolute Gasteiger partial charge is 0.243 e. The third kappa shape index (κ3) is 7.57. The van der Waals surface area contributed by atoms with Gasteiger partial charge in [-0.05, 0) is 59.8 Å². The molecular weight excluding hydrogens is 534 g/mol. The van der Waals surface area contributed by atoms with Crippen LogP contribution in [0.5, 0.6) is 0 Å². The Hall–Kier alpha value is -2.82. The van der Waals surface area contributed by atoms with Gasteiger partial charge in [-0.15, -0.1) is 0 Å². The summed E-state index contributed by atoms with van der Waals surface area (Å²) in [7, 11) is 0. The molecule has 2 aromatic carbocycles. The van der Waals surface area contributed by atoms with E-state index in [1.54, 1.807) is 5.48 Å². The molecule has 0 spiro atoms. The second kappa shape index (κ2) is 12.8. The summed E-state index contributed by atoms with van der Waals surface area (Å²) in [5.41, 5.74) is 5.74. The van der Waals surface area contributed by atoms with E-state index in [2.05, 4.69) is 31.0 Å². The first-order valence-corrected chi connectivity index (χ1v) is 15.1. The number of carbonyl (C=O) groups excluding carboxylic acids is 2. The Labute approximate surface area is 248 Å². The van der Waals surface area contributed by atoms with Gasteiger partial charge in [0.15, 0.2) is 6.29 Å². The molecule has 3 aliphatic rings. The number of aliphatic hydroxyl groups excluding tert-OH is 1. The molecule has 2 heterocycles. The van der Waals surface area contributed by atoms with Crippen molar-refractivity contribution in [2.45, 2.75) is 96.9 Å². The fraction of sp³-hybridized carbons (Fsp3) is 0.576. The first-order valence-electron chi connectivity index (χ1n) is 15.1. The topological polar surface area (TPSA) is 120 Å². The molecular formula is C33H45N3O6. The van der Waals surface area contributed by atoms with E-state index < -0.39 is 12.2 Å². The zero-order valence-corrected chi connectivity index (χ0v) is 25.0. The number of anilines is 1. The number of hydrogen-bond acceptors (Lipinski definition) is 7. The van der Waals surface area contributed by atoms with Gasteiger partial charge in [0.1, 0.15) is 0 Å². The molecule has 42 heavy (non-hydrogen) atoms. The number of amides is 2. The molecule has 0 aromatic heterocycles. The van der Waals surface area contributed by atoms with Crippen molar-refractivity contribution in [1.82, 2.24) is 10.4 Å². The van der Waals surface area contributed by atoms with Gasteiger partial charge in [-0.3, -0.25) is 19.7 Å². The van der Waals surface area contributed by atoms with E-state index >= 15 is 0 Å². The summed E-state index contributed by atoms with van der Waals surface area (Å²) < 4.78 is 13.1. The van der Waals surface area contributed by atoms with Crippen LogP contribution in [0.2, 0.25) is 0 Å².